The number of hydrogen-bond acceptors (Lipinski definition) is 3. The van der Waals surface area contributed by atoms with E-state index in [0.29, 0.717) is 6.42 Å². The van der Waals surface area contributed by atoms with Crippen molar-refractivity contribution in [2.45, 2.75) is 19.3 Å². The molecule has 3 aromatic rings. The van der Waals surface area contributed by atoms with Crippen LogP contribution >= 0.6 is 0 Å². The number of fused-ring (bicyclic) bond motifs is 1. The molecule has 0 bridgehead atoms. The van der Waals surface area contributed by atoms with Crippen molar-refractivity contribution in [3.05, 3.63) is 54.9 Å². The van der Waals surface area contributed by atoms with Crippen LogP contribution in [0.15, 0.2) is 54.9 Å². The van der Waals surface area contributed by atoms with E-state index in [1.165, 1.54) is 0 Å². The summed E-state index contributed by atoms with van der Waals surface area (Å²) in [6.07, 6.45) is 4.50. The number of rotatable bonds is 3. The van der Waals surface area contributed by atoms with Crippen molar-refractivity contribution >= 4 is 28.3 Å². The lowest BCUT2D eigenvalue weighted by Crippen LogP contribution is -2.35. The lowest BCUT2D eigenvalue weighted by molar-refractivity contribution is -0.119. The molecule has 1 aliphatic heterocycles. The number of benzene rings is 2. The summed E-state index contributed by atoms with van der Waals surface area (Å²) in [4.78, 5) is 18.2. The minimum atomic E-state index is 0.220. The summed E-state index contributed by atoms with van der Waals surface area (Å²) in [7, 11) is 0. The molecule has 1 aliphatic rings. The normalized spacial score (nSPS) is 15.1. The van der Waals surface area contributed by atoms with Crippen LogP contribution in [0, 0.1) is 0 Å². The molecule has 0 unspecified atom stereocenters. The standard InChI is InChI=1S/C18H18N4O/c23-18-7-3-4-12-21(18)15-10-8-14(9-11-15)20-22-13-19-16-5-1-2-6-17(16)22/h1-2,5-6,8-11,13,20H,3-4,7,12H2. The van der Waals surface area contributed by atoms with Crippen molar-refractivity contribution in [2.24, 2.45) is 0 Å². The first-order chi connectivity index (χ1) is 11.3. The molecule has 5 heteroatoms. The summed E-state index contributed by atoms with van der Waals surface area (Å²) in [5, 5.41) is 0. The lowest BCUT2D eigenvalue weighted by atomic mass is 10.1. The quantitative estimate of drug-likeness (QED) is 0.806. The highest BCUT2D eigenvalue weighted by Crippen LogP contribution is 2.23. The predicted octanol–water partition coefficient (Wildman–Crippen LogP) is 3.43. The van der Waals surface area contributed by atoms with Gasteiger partial charge in [0, 0.05) is 18.7 Å². The summed E-state index contributed by atoms with van der Waals surface area (Å²) >= 11 is 0. The van der Waals surface area contributed by atoms with Crippen molar-refractivity contribution in [3.63, 3.8) is 0 Å². The van der Waals surface area contributed by atoms with E-state index >= 15 is 0 Å². The summed E-state index contributed by atoms with van der Waals surface area (Å²) in [5.74, 6) is 0.220. The van der Waals surface area contributed by atoms with Crippen molar-refractivity contribution < 1.29 is 4.79 Å². The molecule has 1 saturated heterocycles. The van der Waals surface area contributed by atoms with E-state index in [1.807, 2.05) is 58.1 Å². The van der Waals surface area contributed by atoms with Crippen LogP contribution in [0.25, 0.3) is 11.0 Å². The topological polar surface area (TPSA) is 50.2 Å². The Balaban J connectivity index is 1.55. The van der Waals surface area contributed by atoms with E-state index < -0.39 is 0 Å². The minimum absolute atomic E-state index is 0.220. The maximum atomic E-state index is 12.0. The fourth-order valence-corrected chi connectivity index (χ4v) is 2.98. The molecule has 1 amide bonds. The first-order valence-electron chi connectivity index (χ1n) is 7.91. The molecule has 4 rings (SSSR count). The number of nitrogens with zero attached hydrogens (tertiary/aromatic N) is 3. The van der Waals surface area contributed by atoms with Crippen LogP contribution in [0.3, 0.4) is 0 Å². The summed E-state index contributed by atoms with van der Waals surface area (Å²) < 4.78 is 1.90. The Morgan fingerprint density at radius 2 is 1.83 bits per heavy atom. The molecular weight excluding hydrogens is 288 g/mol. The Bertz CT molecular complexity index is 838. The number of hydrogen-bond donors (Lipinski definition) is 1. The third kappa shape index (κ3) is 2.65. The second-order valence-corrected chi connectivity index (χ2v) is 5.76. The van der Waals surface area contributed by atoms with E-state index in [0.717, 1.165) is 41.8 Å². The maximum absolute atomic E-state index is 12.0. The van der Waals surface area contributed by atoms with Crippen molar-refractivity contribution in [2.75, 3.05) is 16.9 Å². The van der Waals surface area contributed by atoms with Crippen LogP contribution < -0.4 is 10.3 Å². The van der Waals surface area contributed by atoms with Gasteiger partial charge in [-0.05, 0) is 49.2 Å². The van der Waals surface area contributed by atoms with Gasteiger partial charge in [-0.1, -0.05) is 12.1 Å². The summed E-state index contributed by atoms with van der Waals surface area (Å²) in [6.45, 7) is 0.817. The molecule has 0 spiro atoms. The second-order valence-electron chi connectivity index (χ2n) is 5.76. The molecule has 0 aliphatic carbocycles. The molecule has 5 nitrogen and oxygen atoms in total. The first-order valence-corrected chi connectivity index (χ1v) is 7.91. The molecule has 0 radical (unpaired) electrons. The van der Waals surface area contributed by atoms with Crippen LogP contribution in [0.5, 0.6) is 0 Å². The molecule has 2 heterocycles. The SMILES string of the molecule is O=C1CCCCN1c1ccc(Nn2cnc3ccccc32)cc1. The molecule has 116 valence electrons. The number of imidazole rings is 1. The van der Waals surface area contributed by atoms with E-state index in [1.54, 1.807) is 6.33 Å². The highest BCUT2D eigenvalue weighted by atomic mass is 16.2. The van der Waals surface area contributed by atoms with Gasteiger partial charge in [0.2, 0.25) is 5.91 Å². The third-order valence-electron chi connectivity index (χ3n) is 4.21. The van der Waals surface area contributed by atoms with Gasteiger partial charge >= 0.3 is 0 Å². The Kier molecular flexibility index (Phi) is 3.46. The van der Waals surface area contributed by atoms with Crippen LogP contribution in [-0.2, 0) is 4.79 Å². The van der Waals surface area contributed by atoms with Gasteiger partial charge in [-0.25, -0.2) is 9.66 Å². The zero-order valence-electron chi connectivity index (χ0n) is 12.8. The Labute approximate surface area is 134 Å². The highest BCUT2D eigenvalue weighted by molar-refractivity contribution is 5.94. The van der Waals surface area contributed by atoms with Gasteiger partial charge in [0.15, 0.2) is 0 Å². The summed E-state index contributed by atoms with van der Waals surface area (Å²) in [5.41, 5.74) is 7.23. The number of anilines is 2. The Morgan fingerprint density at radius 3 is 2.65 bits per heavy atom. The molecule has 0 atom stereocenters. The molecule has 1 aromatic heterocycles. The van der Waals surface area contributed by atoms with Gasteiger partial charge in [0.1, 0.15) is 6.33 Å². The number of carbonyl (C=O) groups excluding carboxylic acids is 1. The molecule has 1 N–H and O–H groups in total. The number of para-hydroxylation sites is 2. The Hall–Kier alpha value is -2.82. The van der Waals surface area contributed by atoms with Crippen LogP contribution in [-0.4, -0.2) is 22.1 Å². The molecule has 23 heavy (non-hydrogen) atoms. The number of nitrogens with one attached hydrogen (secondary N) is 1. The Morgan fingerprint density at radius 1 is 1.00 bits per heavy atom. The number of piperidine rings is 1. The molecule has 1 fully saturated rings. The minimum Gasteiger partial charge on any atom is -0.312 e. The zero-order chi connectivity index (χ0) is 15.6. The number of carbonyl (C=O) groups is 1. The van der Waals surface area contributed by atoms with Gasteiger partial charge < -0.3 is 4.90 Å². The molecule has 2 aromatic carbocycles. The largest absolute Gasteiger partial charge is 0.312 e. The van der Waals surface area contributed by atoms with Gasteiger partial charge in [0.25, 0.3) is 0 Å². The van der Waals surface area contributed by atoms with Gasteiger partial charge in [-0.3, -0.25) is 10.2 Å². The van der Waals surface area contributed by atoms with Crippen molar-refractivity contribution in [1.29, 1.82) is 0 Å². The van der Waals surface area contributed by atoms with Crippen LogP contribution in [0.2, 0.25) is 0 Å². The fraction of sp³-hybridized carbons (Fsp3) is 0.222. The fourth-order valence-electron chi connectivity index (χ4n) is 2.98. The molecular formula is C18H18N4O. The van der Waals surface area contributed by atoms with Gasteiger partial charge in [-0.15, -0.1) is 0 Å². The van der Waals surface area contributed by atoms with Crippen molar-refractivity contribution in [3.8, 4) is 0 Å². The highest BCUT2D eigenvalue weighted by Gasteiger charge is 2.19. The average Bonchev–Trinajstić information content (AvgIpc) is 2.99. The molecule has 0 saturated carbocycles. The lowest BCUT2D eigenvalue weighted by Gasteiger charge is -2.26. The van der Waals surface area contributed by atoms with E-state index in [2.05, 4.69) is 10.4 Å². The average molecular weight is 306 g/mol. The maximum Gasteiger partial charge on any atom is 0.226 e. The van der Waals surface area contributed by atoms with Crippen LogP contribution in [0.4, 0.5) is 11.4 Å². The smallest absolute Gasteiger partial charge is 0.226 e. The third-order valence-corrected chi connectivity index (χ3v) is 4.21. The number of aromatic nitrogens is 2. The number of amides is 1. The van der Waals surface area contributed by atoms with E-state index in [4.69, 9.17) is 0 Å². The monoisotopic (exact) mass is 306 g/mol. The first kappa shape index (κ1) is 13.8. The van der Waals surface area contributed by atoms with Crippen LogP contribution in [0.1, 0.15) is 19.3 Å². The van der Waals surface area contributed by atoms with Crippen molar-refractivity contribution in [1.82, 2.24) is 9.66 Å². The van der Waals surface area contributed by atoms with E-state index in [9.17, 15) is 4.79 Å². The van der Waals surface area contributed by atoms with Gasteiger partial charge in [-0.2, -0.15) is 0 Å². The second kappa shape index (κ2) is 5.76. The van der Waals surface area contributed by atoms with E-state index in [-0.39, 0.29) is 5.91 Å². The predicted molar refractivity (Wildman–Crippen MR) is 91.4 cm³/mol. The summed E-state index contributed by atoms with van der Waals surface area (Å²) in [6, 6.07) is 15.9. The zero-order valence-corrected chi connectivity index (χ0v) is 12.8. The van der Waals surface area contributed by atoms with Gasteiger partial charge in [0.05, 0.1) is 16.7 Å².